The second-order valence-electron chi connectivity index (χ2n) is 7.59. The first-order valence-electron chi connectivity index (χ1n) is 9.84. The predicted octanol–water partition coefficient (Wildman–Crippen LogP) is 5.26. The lowest BCUT2D eigenvalue weighted by atomic mass is 9.99. The van der Waals surface area contributed by atoms with Gasteiger partial charge in [-0.25, -0.2) is 4.39 Å². The summed E-state index contributed by atoms with van der Waals surface area (Å²) in [6.07, 6.45) is 2.60. The van der Waals surface area contributed by atoms with E-state index in [2.05, 4.69) is 51.6 Å². The predicted molar refractivity (Wildman–Crippen MR) is 111 cm³/mol. The number of rotatable bonds is 5. The highest BCUT2D eigenvalue weighted by Gasteiger charge is 2.15. The molecule has 0 unspecified atom stereocenters. The minimum absolute atomic E-state index is 0.256. The van der Waals surface area contributed by atoms with Crippen molar-refractivity contribution >= 4 is 11.5 Å². The third kappa shape index (κ3) is 4.73. The molecule has 0 aliphatic carbocycles. The minimum atomic E-state index is -0.256. The first kappa shape index (κ1) is 18.6. The van der Waals surface area contributed by atoms with Gasteiger partial charge in [-0.3, -0.25) is 4.90 Å². The number of hydrogen-bond acceptors (Lipinski definition) is 4. The molecule has 1 aliphatic rings. The highest BCUT2D eigenvalue weighted by molar-refractivity contribution is 5.61. The van der Waals surface area contributed by atoms with E-state index in [4.69, 9.17) is 0 Å². The van der Waals surface area contributed by atoms with Gasteiger partial charge in [-0.05, 0) is 85.9 Å². The Labute approximate surface area is 165 Å². The molecule has 2 aromatic carbocycles. The fourth-order valence-corrected chi connectivity index (χ4v) is 3.49. The average molecular weight is 376 g/mol. The number of nitrogens with one attached hydrogen (secondary N) is 1. The van der Waals surface area contributed by atoms with Crippen LogP contribution in [-0.2, 0) is 6.54 Å². The number of benzene rings is 2. The molecule has 2 heterocycles. The molecule has 1 aliphatic heterocycles. The molecule has 4 rings (SSSR count). The van der Waals surface area contributed by atoms with Gasteiger partial charge in [-0.15, -0.1) is 10.2 Å². The largest absolute Gasteiger partial charge is 0.339 e. The Hall–Kier alpha value is -2.79. The third-order valence-electron chi connectivity index (χ3n) is 5.31. The fraction of sp³-hybridized carbons (Fsp3) is 0.304. The van der Waals surface area contributed by atoms with Crippen molar-refractivity contribution in [1.29, 1.82) is 0 Å². The van der Waals surface area contributed by atoms with E-state index in [1.807, 2.05) is 12.1 Å². The molecule has 1 saturated heterocycles. The minimum Gasteiger partial charge on any atom is -0.339 e. The van der Waals surface area contributed by atoms with Gasteiger partial charge >= 0.3 is 0 Å². The topological polar surface area (TPSA) is 41.0 Å². The zero-order chi connectivity index (χ0) is 19.3. The molecule has 5 heteroatoms. The number of piperidine rings is 1. The Morgan fingerprint density at radius 2 is 1.64 bits per heavy atom. The highest BCUT2D eigenvalue weighted by atomic mass is 19.1. The van der Waals surface area contributed by atoms with Crippen LogP contribution in [0.5, 0.6) is 0 Å². The lowest BCUT2D eigenvalue weighted by molar-refractivity contribution is 0.185. The van der Waals surface area contributed by atoms with Crippen LogP contribution in [0.25, 0.3) is 11.3 Å². The molecule has 0 atom stereocenters. The van der Waals surface area contributed by atoms with Crippen LogP contribution < -0.4 is 5.32 Å². The van der Waals surface area contributed by atoms with Gasteiger partial charge in [0, 0.05) is 17.8 Å². The van der Waals surface area contributed by atoms with E-state index in [-0.39, 0.29) is 5.82 Å². The van der Waals surface area contributed by atoms with Crippen LogP contribution in [0.1, 0.15) is 25.3 Å². The fourth-order valence-electron chi connectivity index (χ4n) is 3.49. The Morgan fingerprint density at radius 3 is 2.29 bits per heavy atom. The number of aromatic nitrogens is 2. The van der Waals surface area contributed by atoms with Crippen LogP contribution in [0.4, 0.5) is 15.9 Å². The molecule has 1 fully saturated rings. The van der Waals surface area contributed by atoms with Gasteiger partial charge in [0.1, 0.15) is 5.82 Å². The van der Waals surface area contributed by atoms with Crippen molar-refractivity contribution < 1.29 is 4.39 Å². The summed E-state index contributed by atoms with van der Waals surface area (Å²) in [7, 11) is 0. The zero-order valence-corrected chi connectivity index (χ0v) is 16.1. The molecular formula is C23H25FN4. The Balaban J connectivity index is 1.35. The van der Waals surface area contributed by atoms with Crippen LogP contribution in [-0.4, -0.2) is 28.2 Å². The molecule has 0 saturated carbocycles. The van der Waals surface area contributed by atoms with Gasteiger partial charge in [0.25, 0.3) is 0 Å². The summed E-state index contributed by atoms with van der Waals surface area (Å²) in [5, 5.41) is 11.7. The lowest BCUT2D eigenvalue weighted by Crippen LogP contribution is -2.32. The maximum atomic E-state index is 13.0. The zero-order valence-electron chi connectivity index (χ0n) is 16.1. The van der Waals surface area contributed by atoms with Gasteiger partial charge < -0.3 is 5.32 Å². The van der Waals surface area contributed by atoms with Gasteiger partial charge in [-0.1, -0.05) is 19.1 Å². The van der Waals surface area contributed by atoms with Gasteiger partial charge in [0.15, 0.2) is 5.82 Å². The SMILES string of the molecule is CC1CCN(Cc2ccc(Nc3ccc(-c4ccc(F)cc4)nn3)cc2)CC1. The molecule has 0 bridgehead atoms. The standard InChI is InChI=1S/C23H25FN4/c1-17-12-14-28(15-13-17)16-18-2-8-21(9-3-18)25-23-11-10-22(26-27-23)19-4-6-20(24)7-5-19/h2-11,17H,12-16H2,1H3,(H,25,27). The second-order valence-corrected chi connectivity index (χ2v) is 7.59. The van der Waals surface area contributed by atoms with E-state index in [0.29, 0.717) is 5.82 Å². The second kappa shape index (κ2) is 8.48. The first-order chi connectivity index (χ1) is 13.7. The number of halogens is 1. The summed E-state index contributed by atoms with van der Waals surface area (Å²) in [6.45, 7) is 5.74. The van der Waals surface area contributed by atoms with Gasteiger partial charge in [0.2, 0.25) is 0 Å². The van der Waals surface area contributed by atoms with E-state index in [0.717, 1.165) is 29.4 Å². The van der Waals surface area contributed by atoms with Crippen molar-refractivity contribution in [2.75, 3.05) is 18.4 Å². The maximum absolute atomic E-state index is 13.0. The number of anilines is 2. The smallest absolute Gasteiger partial charge is 0.153 e. The van der Waals surface area contributed by atoms with Crippen molar-refractivity contribution in [3.8, 4) is 11.3 Å². The molecule has 0 spiro atoms. The summed E-state index contributed by atoms with van der Waals surface area (Å²) in [4.78, 5) is 2.53. The molecule has 3 aromatic rings. The molecule has 0 radical (unpaired) electrons. The molecule has 144 valence electrons. The van der Waals surface area contributed by atoms with Crippen molar-refractivity contribution in [3.63, 3.8) is 0 Å². The van der Waals surface area contributed by atoms with E-state index < -0.39 is 0 Å². The van der Waals surface area contributed by atoms with Crippen LogP contribution in [0.2, 0.25) is 0 Å². The van der Waals surface area contributed by atoms with E-state index in [9.17, 15) is 4.39 Å². The molecule has 1 N–H and O–H groups in total. The molecule has 4 nitrogen and oxygen atoms in total. The van der Waals surface area contributed by atoms with Gasteiger partial charge in [0.05, 0.1) is 5.69 Å². The van der Waals surface area contributed by atoms with Gasteiger partial charge in [-0.2, -0.15) is 0 Å². The summed E-state index contributed by atoms with van der Waals surface area (Å²) < 4.78 is 13.0. The van der Waals surface area contributed by atoms with Crippen LogP contribution in [0, 0.1) is 11.7 Å². The third-order valence-corrected chi connectivity index (χ3v) is 5.31. The van der Waals surface area contributed by atoms with Crippen molar-refractivity contribution in [2.45, 2.75) is 26.3 Å². The first-order valence-corrected chi connectivity index (χ1v) is 9.84. The highest BCUT2D eigenvalue weighted by Crippen LogP contribution is 2.21. The molecule has 0 amide bonds. The summed E-state index contributed by atoms with van der Waals surface area (Å²) in [5.41, 5.74) is 3.88. The summed E-state index contributed by atoms with van der Waals surface area (Å²) in [5.74, 6) is 1.29. The number of likely N-dealkylation sites (tertiary alicyclic amines) is 1. The normalized spacial score (nSPS) is 15.5. The molecular weight excluding hydrogens is 351 g/mol. The number of hydrogen-bond donors (Lipinski definition) is 1. The van der Waals surface area contributed by atoms with Crippen LogP contribution in [0.15, 0.2) is 60.7 Å². The van der Waals surface area contributed by atoms with Crippen molar-refractivity contribution in [2.24, 2.45) is 5.92 Å². The average Bonchev–Trinajstić information content (AvgIpc) is 2.72. The van der Waals surface area contributed by atoms with E-state index in [1.54, 1.807) is 12.1 Å². The summed E-state index contributed by atoms with van der Waals surface area (Å²) in [6, 6.07) is 18.5. The lowest BCUT2D eigenvalue weighted by Gasteiger charge is -2.30. The maximum Gasteiger partial charge on any atom is 0.153 e. The summed E-state index contributed by atoms with van der Waals surface area (Å²) >= 11 is 0. The molecule has 28 heavy (non-hydrogen) atoms. The number of nitrogens with zero attached hydrogens (tertiary/aromatic N) is 3. The van der Waals surface area contributed by atoms with Crippen molar-refractivity contribution in [3.05, 3.63) is 72.0 Å². The molecule has 1 aromatic heterocycles. The Bertz CT molecular complexity index is 883. The van der Waals surface area contributed by atoms with E-state index in [1.165, 1.54) is 43.6 Å². The monoisotopic (exact) mass is 376 g/mol. The van der Waals surface area contributed by atoms with Crippen LogP contribution in [0.3, 0.4) is 0 Å². The Morgan fingerprint density at radius 1 is 0.929 bits per heavy atom. The Kier molecular flexibility index (Phi) is 5.63. The van der Waals surface area contributed by atoms with E-state index >= 15 is 0 Å². The van der Waals surface area contributed by atoms with Crippen molar-refractivity contribution in [1.82, 2.24) is 15.1 Å². The quantitative estimate of drug-likeness (QED) is 0.660. The van der Waals surface area contributed by atoms with Crippen LogP contribution >= 0.6 is 0 Å².